The molecule has 2 heterocycles. The van der Waals surface area contributed by atoms with Crippen molar-refractivity contribution in [3.05, 3.63) is 0 Å². The fourth-order valence-electron chi connectivity index (χ4n) is 4.12. The zero-order chi connectivity index (χ0) is 13.7. The molecule has 4 atom stereocenters. The van der Waals surface area contributed by atoms with Crippen LogP contribution in [0.1, 0.15) is 38.5 Å². The summed E-state index contributed by atoms with van der Waals surface area (Å²) in [4.78, 5) is 29.1. The Balaban J connectivity index is 1.54. The summed E-state index contributed by atoms with van der Waals surface area (Å²) in [6.45, 7) is 0.674. The SMILES string of the molecule is O=C1NCCCC12SC(=N[C@H]1C[C@@H]3CC[C@H]1C3)NC2=O. The summed E-state index contributed by atoms with van der Waals surface area (Å²) in [6.07, 6.45) is 6.54. The molecule has 0 radical (unpaired) electrons. The fourth-order valence-corrected chi connectivity index (χ4v) is 5.34. The van der Waals surface area contributed by atoms with Gasteiger partial charge in [0.2, 0.25) is 5.91 Å². The third-order valence-corrected chi connectivity index (χ3v) is 6.52. The summed E-state index contributed by atoms with van der Waals surface area (Å²) < 4.78 is -0.950. The number of hydrogen-bond donors (Lipinski definition) is 2. The predicted molar refractivity (Wildman–Crippen MR) is 77.4 cm³/mol. The molecule has 2 saturated heterocycles. The van der Waals surface area contributed by atoms with Gasteiger partial charge in [0.25, 0.3) is 5.91 Å². The third kappa shape index (κ3) is 1.80. The van der Waals surface area contributed by atoms with Crippen molar-refractivity contribution in [2.45, 2.75) is 49.3 Å². The normalized spacial score (nSPS) is 45.2. The first-order valence-corrected chi connectivity index (χ1v) is 8.35. The van der Waals surface area contributed by atoms with E-state index in [-0.39, 0.29) is 11.8 Å². The average molecular weight is 293 g/mol. The molecule has 20 heavy (non-hydrogen) atoms. The van der Waals surface area contributed by atoms with Crippen LogP contribution in [0.4, 0.5) is 0 Å². The number of fused-ring (bicyclic) bond motifs is 2. The number of carbonyl (C=O) groups excluding carboxylic acids is 2. The van der Waals surface area contributed by atoms with Gasteiger partial charge in [0.15, 0.2) is 9.91 Å². The molecule has 2 aliphatic carbocycles. The monoisotopic (exact) mass is 293 g/mol. The highest BCUT2D eigenvalue weighted by Crippen LogP contribution is 2.47. The maximum Gasteiger partial charge on any atom is 0.252 e. The number of piperidine rings is 1. The van der Waals surface area contributed by atoms with Crippen molar-refractivity contribution in [3.63, 3.8) is 0 Å². The second kappa shape index (κ2) is 4.48. The first kappa shape index (κ1) is 12.7. The Kier molecular flexibility index (Phi) is 2.84. The molecule has 2 amide bonds. The minimum absolute atomic E-state index is 0.149. The Bertz CT molecular complexity index is 507. The van der Waals surface area contributed by atoms with Gasteiger partial charge in [-0.15, -0.1) is 0 Å². The lowest BCUT2D eigenvalue weighted by Gasteiger charge is -2.27. The van der Waals surface area contributed by atoms with Gasteiger partial charge in [-0.05, 0) is 43.9 Å². The molecular formula is C14H19N3O2S. The van der Waals surface area contributed by atoms with Crippen LogP contribution in [-0.4, -0.2) is 34.3 Å². The van der Waals surface area contributed by atoms with Gasteiger partial charge < -0.3 is 10.6 Å². The van der Waals surface area contributed by atoms with Gasteiger partial charge in [-0.1, -0.05) is 18.2 Å². The number of nitrogens with zero attached hydrogens (tertiary/aromatic N) is 1. The van der Waals surface area contributed by atoms with E-state index in [4.69, 9.17) is 4.99 Å². The van der Waals surface area contributed by atoms with Crippen molar-refractivity contribution in [3.8, 4) is 0 Å². The van der Waals surface area contributed by atoms with Gasteiger partial charge in [-0.25, -0.2) is 0 Å². The first-order valence-electron chi connectivity index (χ1n) is 7.54. The molecule has 4 fully saturated rings. The van der Waals surface area contributed by atoms with Crippen molar-refractivity contribution >= 4 is 28.7 Å². The molecule has 2 aliphatic heterocycles. The highest BCUT2D eigenvalue weighted by atomic mass is 32.2. The standard InChI is InChI=1S/C14H19N3O2S/c18-11-14(4-1-5-15-11)12(19)17-13(20-14)16-10-7-8-2-3-9(10)6-8/h8-10H,1-7H2,(H,15,18)(H,16,17,19)/t8-,9+,10+,14?/m1/s1. The summed E-state index contributed by atoms with van der Waals surface area (Å²) in [5.41, 5.74) is 0. The number of amides is 2. The largest absolute Gasteiger partial charge is 0.354 e. The van der Waals surface area contributed by atoms with Gasteiger partial charge in [0, 0.05) is 6.54 Å². The van der Waals surface area contributed by atoms with E-state index in [0.29, 0.717) is 30.1 Å². The molecule has 0 aromatic heterocycles. The highest BCUT2D eigenvalue weighted by molar-refractivity contribution is 8.17. The van der Waals surface area contributed by atoms with Crippen LogP contribution in [0.3, 0.4) is 0 Å². The summed E-state index contributed by atoms with van der Waals surface area (Å²) in [5.74, 6) is 1.20. The van der Waals surface area contributed by atoms with Crippen molar-refractivity contribution in [2.24, 2.45) is 16.8 Å². The number of hydrogen-bond acceptors (Lipinski definition) is 4. The van der Waals surface area contributed by atoms with Crippen molar-refractivity contribution < 1.29 is 9.59 Å². The molecule has 6 heteroatoms. The molecule has 108 valence electrons. The Morgan fingerprint density at radius 1 is 1.20 bits per heavy atom. The molecule has 2 N–H and O–H groups in total. The molecule has 4 aliphatic rings. The average Bonchev–Trinajstić information content (AvgIpc) is 3.10. The third-order valence-electron chi connectivity index (χ3n) is 5.20. The van der Waals surface area contributed by atoms with E-state index in [9.17, 15) is 9.59 Å². The van der Waals surface area contributed by atoms with Gasteiger partial charge in [0.1, 0.15) is 0 Å². The minimum atomic E-state index is -0.950. The van der Waals surface area contributed by atoms with Gasteiger partial charge in [-0.2, -0.15) is 0 Å². The van der Waals surface area contributed by atoms with Gasteiger partial charge in [-0.3, -0.25) is 14.6 Å². The van der Waals surface area contributed by atoms with Crippen LogP contribution >= 0.6 is 11.8 Å². The Hall–Kier alpha value is -1.04. The highest BCUT2D eigenvalue weighted by Gasteiger charge is 2.54. The number of nitrogens with one attached hydrogen (secondary N) is 2. The van der Waals surface area contributed by atoms with Crippen LogP contribution in [0, 0.1) is 11.8 Å². The summed E-state index contributed by atoms with van der Waals surface area (Å²) in [7, 11) is 0. The summed E-state index contributed by atoms with van der Waals surface area (Å²) in [5, 5.41) is 6.33. The van der Waals surface area contributed by atoms with Gasteiger partial charge in [0.05, 0.1) is 6.04 Å². The smallest absolute Gasteiger partial charge is 0.252 e. The van der Waals surface area contributed by atoms with Crippen LogP contribution in [-0.2, 0) is 9.59 Å². The Morgan fingerprint density at radius 3 is 2.80 bits per heavy atom. The van der Waals surface area contributed by atoms with Gasteiger partial charge >= 0.3 is 0 Å². The maximum absolute atomic E-state index is 12.2. The van der Waals surface area contributed by atoms with E-state index in [1.165, 1.54) is 31.0 Å². The van der Waals surface area contributed by atoms with Crippen LogP contribution in [0.2, 0.25) is 0 Å². The summed E-state index contributed by atoms with van der Waals surface area (Å²) in [6, 6.07) is 0.360. The zero-order valence-corrected chi connectivity index (χ0v) is 12.2. The molecule has 4 rings (SSSR count). The van der Waals surface area contributed by atoms with E-state index in [1.807, 2.05) is 0 Å². The molecule has 0 aromatic rings. The van der Waals surface area contributed by atoms with E-state index in [0.717, 1.165) is 18.8 Å². The maximum atomic E-state index is 12.2. The molecule has 1 spiro atoms. The molecule has 2 saturated carbocycles. The number of amidine groups is 1. The predicted octanol–water partition coefficient (Wildman–Crippen LogP) is 1.04. The zero-order valence-electron chi connectivity index (χ0n) is 11.4. The fraction of sp³-hybridized carbons (Fsp3) is 0.786. The lowest BCUT2D eigenvalue weighted by Crippen LogP contribution is -2.53. The van der Waals surface area contributed by atoms with Crippen molar-refractivity contribution in [2.75, 3.05) is 6.54 Å². The van der Waals surface area contributed by atoms with Crippen LogP contribution in [0.15, 0.2) is 4.99 Å². The van der Waals surface area contributed by atoms with Crippen LogP contribution < -0.4 is 10.6 Å². The number of aliphatic imine (C=N–C) groups is 1. The Labute approximate surface area is 122 Å². The Morgan fingerprint density at radius 2 is 2.10 bits per heavy atom. The quantitative estimate of drug-likeness (QED) is 0.710. The topological polar surface area (TPSA) is 70.6 Å². The number of rotatable bonds is 1. The van der Waals surface area contributed by atoms with E-state index in [2.05, 4.69) is 10.6 Å². The van der Waals surface area contributed by atoms with E-state index >= 15 is 0 Å². The molecule has 0 aromatic carbocycles. The van der Waals surface area contributed by atoms with E-state index < -0.39 is 4.75 Å². The van der Waals surface area contributed by atoms with E-state index in [1.54, 1.807) is 0 Å². The first-order chi connectivity index (χ1) is 9.67. The second-order valence-corrected chi connectivity index (χ2v) is 7.71. The summed E-state index contributed by atoms with van der Waals surface area (Å²) >= 11 is 1.34. The van der Waals surface area contributed by atoms with Crippen LogP contribution in [0.5, 0.6) is 0 Å². The lowest BCUT2D eigenvalue weighted by atomic mass is 9.96. The molecule has 5 nitrogen and oxygen atoms in total. The second-order valence-electron chi connectivity index (χ2n) is 6.42. The van der Waals surface area contributed by atoms with Crippen molar-refractivity contribution in [1.82, 2.24) is 10.6 Å². The molecule has 1 unspecified atom stereocenters. The lowest BCUT2D eigenvalue weighted by molar-refractivity contribution is -0.133. The molecular weight excluding hydrogens is 274 g/mol. The number of carbonyl (C=O) groups is 2. The number of thioether (sulfide) groups is 1. The molecule has 2 bridgehead atoms. The minimum Gasteiger partial charge on any atom is -0.354 e. The van der Waals surface area contributed by atoms with Crippen molar-refractivity contribution in [1.29, 1.82) is 0 Å². The van der Waals surface area contributed by atoms with Crippen LogP contribution in [0.25, 0.3) is 0 Å².